The van der Waals surface area contributed by atoms with E-state index in [1.54, 1.807) is 0 Å². The van der Waals surface area contributed by atoms with Gasteiger partial charge in [0.1, 0.15) is 5.82 Å². The highest BCUT2D eigenvalue weighted by Crippen LogP contribution is 2.22. The molecule has 3 rings (SSSR count). The first-order valence-corrected chi connectivity index (χ1v) is 8.19. The lowest BCUT2D eigenvalue weighted by Gasteiger charge is -2.12. The molecule has 0 atom stereocenters. The van der Waals surface area contributed by atoms with Gasteiger partial charge in [-0.1, -0.05) is 12.1 Å². The molecule has 110 valence electrons. The van der Waals surface area contributed by atoms with E-state index in [1.165, 1.54) is 16.9 Å². The molecule has 0 aliphatic carbocycles. The van der Waals surface area contributed by atoms with Crippen LogP contribution in [0, 0.1) is 0 Å². The number of para-hydroxylation sites is 2. The molecule has 0 spiro atoms. The van der Waals surface area contributed by atoms with Crippen molar-refractivity contribution in [1.82, 2.24) is 14.5 Å². The monoisotopic (exact) mass is 300 g/mol. The average molecular weight is 300 g/mol. The Labute approximate surface area is 128 Å². The summed E-state index contributed by atoms with van der Waals surface area (Å²) in [5.74, 6) is 1.16. The highest BCUT2D eigenvalue weighted by Gasteiger charge is 2.12. The van der Waals surface area contributed by atoms with Gasteiger partial charge in [-0.3, -0.25) is 0 Å². The van der Waals surface area contributed by atoms with E-state index in [4.69, 9.17) is 10.7 Å². The Morgan fingerprint density at radius 3 is 2.71 bits per heavy atom. The molecule has 0 saturated carbocycles. The number of hydrogen-bond acceptors (Lipinski definition) is 4. The van der Waals surface area contributed by atoms with Crippen LogP contribution in [-0.4, -0.2) is 14.5 Å². The van der Waals surface area contributed by atoms with E-state index in [9.17, 15) is 0 Å². The summed E-state index contributed by atoms with van der Waals surface area (Å²) in [5.41, 5.74) is 9.06. The number of fused-ring (bicyclic) bond motifs is 1. The van der Waals surface area contributed by atoms with Crippen molar-refractivity contribution < 1.29 is 0 Å². The van der Waals surface area contributed by atoms with Crippen LogP contribution in [0.4, 0.5) is 5.13 Å². The van der Waals surface area contributed by atoms with Crippen LogP contribution in [0.1, 0.15) is 37.8 Å². The van der Waals surface area contributed by atoms with Gasteiger partial charge >= 0.3 is 0 Å². The Kier molecular flexibility index (Phi) is 3.92. The van der Waals surface area contributed by atoms with Crippen LogP contribution in [-0.2, 0) is 12.8 Å². The summed E-state index contributed by atoms with van der Waals surface area (Å²) in [4.78, 5) is 9.10. The van der Waals surface area contributed by atoms with Crippen LogP contribution in [0.25, 0.3) is 11.0 Å². The Morgan fingerprint density at radius 1 is 1.19 bits per heavy atom. The molecule has 4 nitrogen and oxygen atoms in total. The molecular formula is C16H20N4S. The summed E-state index contributed by atoms with van der Waals surface area (Å²) in [5, 5.41) is 2.69. The van der Waals surface area contributed by atoms with E-state index in [-0.39, 0.29) is 0 Å². The third kappa shape index (κ3) is 2.93. The summed E-state index contributed by atoms with van der Waals surface area (Å²) in [6.07, 6.45) is 2.96. The topological polar surface area (TPSA) is 56.7 Å². The highest BCUT2D eigenvalue weighted by atomic mass is 32.1. The molecule has 0 amide bonds. The smallest absolute Gasteiger partial charge is 0.180 e. The van der Waals surface area contributed by atoms with Gasteiger partial charge in [0.25, 0.3) is 0 Å². The van der Waals surface area contributed by atoms with Crippen molar-refractivity contribution in [3.8, 4) is 0 Å². The molecule has 0 unspecified atom stereocenters. The van der Waals surface area contributed by atoms with Crippen LogP contribution in [0.3, 0.4) is 0 Å². The second kappa shape index (κ2) is 5.85. The third-order valence-electron chi connectivity index (χ3n) is 3.59. The van der Waals surface area contributed by atoms with Crippen molar-refractivity contribution in [3.63, 3.8) is 0 Å². The van der Waals surface area contributed by atoms with E-state index >= 15 is 0 Å². The Bertz CT molecular complexity index is 742. The van der Waals surface area contributed by atoms with E-state index in [1.807, 2.05) is 11.4 Å². The summed E-state index contributed by atoms with van der Waals surface area (Å²) in [6.45, 7) is 4.41. The first kappa shape index (κ1) is 14.1. The first-order valence-electron chi connectivity index (χ1n) is 7.31. The van der Waals surface area contributed by atoms with Gasteiger partial charge in [-0.2, -0.15) is 0 Å². The fourth-order valence-corrected chi connectivity index (χ4v) is 3.31. The molecule has 2 aromatic heterocycles. The van der Waals surface area contributed by atoms with Gasteiger partial charge in [0, 0.05) is 17.8 Å². The minimum Gasteiger partial charge on any atom is -0.375 e. The number of rotatable bonds is 5. The molecule has 5 heteroatoms. The third-order valence-corrected chi connectivity index (χ3v) is 4.31. The molecule has 0 aliphatic heterocycles. The number of hydrogen-bond donors (Lipinski definition) is 1. The number of benzene rings is 1. The fraction of sp³-hybridized carbons (Fsp3) is 0.375. The number of thiazole rings is 1. The van der Waals surface area contributed by atoms with Crippen LogP contribution in [0.15, 0.2) is 29.6 Å². The van der Waals surface area contributed by atoms with Gasteiger partial charge in [0.15, 0.2) is 5.13 Å². The molecule has 0 bridgehead atoms. The Hall–Kier alpha value is -1.88. The lowest BCUT2D eigenvalue weighted by molar-refractivity contribution is 0.575. The van der Waals surface area contributed by atoms with Gasteiger partial charge < -0.3 is 10.3 Å². The molecule has 1 aromatic carbocycles. The number of nitrogens with zero attached hydrogens (tertiary/aromatic N) is 3. The quantitative estimate of drug-likeness (QED) is 0.779. The maximum atomic E-state index is 5.67. The molecule has 21 heavy (non-hydrogen) atoms. The normalized spacial score (nSPS) is 11.6. The first-order chi connectivity index (χ1) is 10.1. The summed E-state index contributed by atoms with van der Waals surface area (Å²) in [7, 11) is 0. The maximum Gasteiger partial charge on any atom is 0.180 e. The largest absolute Gasteiger partial charge is 0.375 e. The summed E-state index contributed by atoms with van der Waals surface area (Å²) < 4.78 is 2.34. The number of aromatic nitrogens is 3. The predicted molar refractivity (Wildman–Crippen MR) is 88.7 cm³/mol. The Morgan fingerprint density at radius 2 is 2.00 bits per heavy atom. The van der Waals surface area contributed by atoms with Gasteiger partial charge in [-0.25, -0.2) is 9.97 Å². The van der Waals surface area contributed by atoms with E-state index in [0.29, 0.717) is 11.2 Å². The summed E-state index contributed by atoms with van der Waals surface area (Å²) >= 11 is 1.51. The minimum absolute atomic E-state index is 0.419. The van der Waals surface area contributed by atoms with Crippen LogP contribution in [0.2, 0.25) is 0 Å². The van der Waals surface area contributed by atoms with Crippen molar-refractivity contribution in [3.05, 3.63) is 41.2 Å². The zero-order valence-corrected chi connectivity index (χ0v) is 13.2. The SMILES string of the molecule is CC(C)n1c(CCCc2csc(N)n2)nc2ccccc21. The molecule has 2 N–H and O–H groups in total. The lowest BCUT2D eigenvalue weighted by atomic mass is 10.2. The average Bonchev–Trinajstić information content (AvgIpc) is 3.02. The Balaban J connectivity index is 1.78. The predicted octanol–water partition coefficient (Wildman–Crippen LogP) is 3.83. The number of nitrogens with two attached hydrogens (primary N) is 1. The van der Waals surface area contributed by atoms with Crippen molar-refractivity contribution >= 4 is 27.5 Å². The van der Waals surface area contributed by atoms with Gasteiger partial charge in [-0.15, -0.1) is 11.3 Å². The van der Waals surface area contributed by atoms with Crippen molar-refractivity contribution in [2.45, 2.75) is 39.2 Å². The lowest BCUT2D eigenvalue weighted by Crippen LogP contribution is -2.07. The molecule has 0 saturated heterocycles. The van der Waals surface area contributed by atoms with Gasteiger partial charge in [0.2, 0.25) is 0 Å². The van der Waals surface area contributed by atoms with Crippen LogP contribution < -0.4 is 5.73 Å². The van der Waals surface area contributed by atoms with Crippen molar-refractivity contribution in [2.24, 2.45) is 0 Å². The standard InChI is InChI=1S/C16H20N4S/c1-11(2)20-14-8-4-3-7-13(14)19-15(20)9-5-6-12-10-21-16(17)18-12/h3-4,7-8,10-11H,5-6,9H2,1-2H3,(H2,17,18). The molecule has 0 fully saturated rings. The van der Waals surface area contributed by atoms with E-state index < -0.39 is 0 Å². The number of imidazole rings is 1. The molecule has 0 radical (unpaired) electrons. The molecule has 3 aromatic rings. The van der Waals surface area contributed by atoms with Crippen molar-refractivity contribution in [2.75, 3.05) is 5.73 Å². The highest BCUT2D eigenvalue weighted by molar-refractivity contribution is 7.13. The van der Waals surface area contributed by atoms with Crippen LogP contribution >= 0.6 is 11.3 Å². The number of anilines is 1. The second-order valence-electron chi connectivity index (χ2n) is 5.51. The van der Waals surface area contributed by atoms with E-state index in [0.717, 1.165) is 36.3 Å². The number of nitrogen functional groups attached to an aromatic ring is 1. The summed E-state index contributed by atoms with van der Waals surface area (Å²) in [6, 6.07) is 8.76. The minimum atomic E-state index is 0.419. The van der Waals surface area contributed by atoms with Gasteiger partial charge in [-0.05, 0) is 38.8 Å². The maximum absolute atomic E-state index is 5.67. The molecule has 0 aliphatic rings. The van der Waals surface area contributed by atoms with Gasteiger partial charge in [0.05, 0.1) is 16.7 Å². The zero-order chi connectivity index (χ0) is 14.8. The fourth-order valence-electron chi connectivity index (χ4n) is 2.71. The molecule has 2 heterocycles. The zero-order valence-electron chi connectivity index (χ0n) is 12.4. The second-order valence-corrected chi connectivity index (χ2v) is 6.40. The molecular weight excluding hydrogens is 280 g/mol. The van der Waals surface area contributed by atoms with Crippen molar-refractivity contribution in [1.29, 1.82) is 0 Å². The van der Waals surface area contributed by atoms with Crippen LogP contribution in [0.5, 0.6) is 0 Å². The van der Waals surface area contributed by atoms with E-state index in [2.05, 4.69) is 41.6 Å². The number of aryl methyl sites for hydroxylation is 2.